The Balaban J connectivity index is 1.92. The molecule has 1 saturated heterocycles. The summed E-state index contributed by atoms with van der Waals surface area (Å²) in [6, 6.07) is 5.60. The molecule has 3 rings (SSSR count). The minimum atomic E-state index is 0.0625. The van der Waals surface area contributed by atoms with Crippen molar-refractivity contribution in [2.45, 2.75) is 20.3 Å². The van der Waals surface area contributed by atoms with E-state index in [1.54, 1.807) is 7.11 Å². The summed E-state index contributed by atoms with van der Waals surface area (Å²) in [7, 11) is 1.63. The van der Waals surface area contributed by atoms with Crippen molar-refractivity contribution in [2.75, 3.05) is 39.8 Å². The third kappa shape index (κ3) is 3.06. The number of rotatable bonds is 3. The molecule has 1 aromatic heterocycles. The Bertz CT molecular complexity index is 708. The van der Waals surface area contributed by atoms with Crippen molar-refractivity contribution in [1.29, 1.82) is 0 Å². The van der Waals surface area contributed by atoms with Gasteiger partial charge in [-0.2, -0.15) is 0 Å². The molecule has 0 N–H and O–H groups in total. The van der Waals surface area contributed by atoms with Crippen LogP contribution in [-0.4, -0.2) is 55.5 Å². The zero-order valence-electron chi connectivity index (χ0n) is 14.1. The van der Waals surface area contributed by atoms with Gasteiger partial charge in [0, 0.05) is 25.0 Å². The van der Waals surface area contributed by atoms with E-state index in [1.165, 1.54) is 0 Å². The molecule has 0 saturated carbocycles. The summed E-state index contributed by atoms with van der Waals surface area (Å²) < 4.78 is 11.1. The maximum absolute atomic E-state index is 13.0. The first-order valence-electron chi connectivity index (χ1n) is 8.22. The first kappa shape index (κ1) is 15.9. The molecule has 1 amide bonds. The predicted molar refractivity (Wildman–Crippen MR) is 90.1 cm³/mol. The van der Waals surface area contributed by atoms with Crippen LogP contribution in [0.1, 0.15) is 29.5 Å². The highest BCUT2D eigenvalue weighted by atomic mass is 16.5. The van der Waals surface area contributed by atoms with E-state index in [1.807, 2.05) is 30.0 Å². The summed E-state index contributed by atoms with van der Waals surface area (Å²) in [5.74, 6) is 1.47. The number of amides is 1. The lowest BCUT2D eigenvalue weighted by Gasteiger charge is -2.21. The number of likely N-dealkylation sites (N-methyl/N-ethyl adjacent to an activating group) is 1. The van der Waals surface area contributed by atoms with Crippen molar-refractivity contribution >= 4 is 16.9 Å². The number of nitrogens with zero attached hydrogens (tertiary/aromatic N) is 2. The molecule has 124 valence electrons. The van der Waals surface area contributed by atoms with E-state index in [2.05, 4.69) is 11.8 Å². The van der Waals surface area contributed by atoms with Gasteiger partial charge < -0.3 is 19.0 Å². The van der Waals surface area contributed by atoms with Crippen LogP contribution in [0.5, 0.6) is 5.75 Å². The molecule has 0 radical (unpaired) electrons. The van der Waals surface area contributed by atoms with Gasteiger partial charge >= 0.3 is 0 Å². The third-order valence-electron chi connectivity index (χ3n) is 4.61. The average Bonchev–Trinajstić information content (AvgIpc) is 2.74. The van der Waals surface area contributed by atoms with Crippen LogP contribution in [0.25, 0.3) is 11.0 Å². The molecule has 5 nitrogen and oxygen atoms in total. The molecule has 0 spiro atoms. The lowest BCUT2D eigenvalue weighted by molar-refractivity contribution is 0.0761. The van der Waals surface area contributed by atoms with Gasteiger partial charge in [0.05, 0.1) is 12.7 Å². The van der Waals surface area contributed by atoms with Gasteiger partial charge in [-0.1, -0.05) is 6.92 Å². The molecule has 0 unspecified atom stereocenters. The number of carbonyl (C=O) groups is 1. The molecule has 23 heavy (non-hydrogen) atoms. The second kappa shape index (κ2) is 6.62. The molecule has 1 aromatic carbocycles. The van der Waals surface area contributed by atoms with Gasteiger partial charge in [-0.3, -0.25) is 4.79 Å². The van der Waals surface area contributed by atoms with Gasteiger partial charge in [0.2, 0.25) is 0 Å². The monoisotopic (exact) mass is 316 g/mol. The van der Waals surface area contributed by atoms with E-state index in [0.717, 1.165) is 55.9 Å². The van der Waals surface area contributed by atoms with E-state index in [9.17, 15) is 4.79 Å². The molecule has 1 fully saturated rings. The summed E-state index contributed by atoms with van der Waals surface area (Å²) in [6.45, 7) is 8.61. The highest BCUT2D eigenvalue weighted by Gasteiger charge is 2.25. The number of hydrogen-bond donors (Lipinski definition) is 0. The normalized spacial score (nSPS) is 16.6. The fraction of sp³-hybridized carbons (Fsp3) is 0.500. The molecule has 1 aliphatic rings. The van der Waals surface area contributed by atoms with Crippen LogP contribution in [0.15, 0.2) is 22.6 Å². The Labute approximate surface area is 136 Å². The van der Waals surface area contributed by atoms with Gasteiger partial charge in [-0.25, -0.2) is 0 Å². The van der Waals surface area contributed by atoms with Crippen LogP contribution in [0.2, 0.25) is 0 Å². The van der Waals surface area contributed by atoms with Gasteiger partial charge in [-0.15, -0.1) is 0 Å². The standard InChI is InChI=1S/C18H24N2O3/c1-4-19-8-5-9-20(11-10-19)18(21)17-13(2)23-16-7-6-14(22-3)12-15(16)17/h6-7,12H,4-5,8-11H2,1-3H3. The van der Waals surface area contributed by atoms with E-state index in [4.69, 9.17) is 9.15 Å². The van der Waals surface area contributed by atoms with Gasteiger partial charge in [0.1, 0.15) is 17.1 Å². The Morgan fingerprint density at radius 1 is 1.26 bits per heavy atom. The molecule has 1 aliphatic heterocycles. The van der Waals surface area contributed by atoms with Crippen molar-refractivity contribution in [2.24, 2.45) is 0 Å². The number of aryl methyl sites for hydroxylation is 1. The molecular formula is C18H24N2O3. The van der Waals surface area contributed by atoms with Crippen LogP contribution >= 0.6 is 0 Å². The lowest BCUT2D eigenvalue weighted by Crippen LogP contribution is -2.35. The molecule has 2 heterocycles. The van der Waals surface area contributed by atoms with E-state index >= 15 is 0 Å². The summed E-state index contributed by atoms with van der Waals surface area (Å²) in [6.07, 6.45) is 1.01. The summed E-state index contributed by atoms with van der Waals surface area (Å²) in [4.78, 5) is 17.4. The largest absolute Gasteiger partial charge is 0.497 e. The maximum Gasteiger partial charge on any atom is 0.258 e. The molecule has 0 aliphatic carbocycles. The molecule has 5 heteroatoms. The van der Waals surface area contributed by atoms with Crippen LogP contribution < -0.4 is 4.74 Å². The van der Waals surface area contributed by atoms with Gasteiger partial charge in [-0.05, 0) is 44.6 Å². The number of hydrogen-bond acceptors (Lipinski definition) is 4. The number of ether oxygens (including phenoxy) is 1. The number of methoxy groups -OCH3 is 1. The third-order valence-corrected chi connectivity index (χ3v) is 4.61. The van der Waals surface area contributed by atoms with E-state index < -0.39 is 0 Å². The predicted octanol–water partition coefficient (Wildman–Crippen LogP) is 2.92. The average molecular weight is 316 g/mol. The van der Waals surface area contributed by atoms with Crippen LogP contribution in [-0.2, 0) is 0 Å². The second-order valence-corrected chi connectivity index (χ2v) is 5.98. The van der Waals surface area contributed by atoms with Gasteiger partial charge in [0.25, 0.3) is 5.91 Å². The number of furan rings is 1. The first-order chi connectivity index (χ1) is 11.1. The van der Waals surface area contributed by atoms with Crippen molar-refractivity contribution in [3.05, 3.63) is 29.5 Å². The minimum Gasteiger partial charge on any atom is -0.497 e. The molecule has 2 aromatic rings. The fourth-order valence-electron chi connectivity index (χ4n) is 3.24. The van der Waals surface area contributed by atoms with Crippen molar-refractivity contribution in [3.8, 4) is 5.75 Å². The molecular weight excluding hydrogens is 292 g/mol. The van der Waals surface area contributed by atoms with Crippen LogP contribution in [0.3, 0.4) is 0 Å². The molecule has 0 bridgehead atoms. The summed E-state index contributed by atoms with van der Waals surface area (Å²) >= 11 is 0. The lowest BCUT2D eigenvalue weighted by atomic mass is 10.1. The Morgan fingerprint density at radius 3 is 2.83 bits per heavy atom. The topological polar surface area (TPSA) is 45.9 Å². The van der Waals surface area contributed by atoms with Crippen LogP contribution in [0.4, 0.5) is 0 Å². The van der Waals surface area contributed by atoms with Crippen molar-refractivity contribution in [3.63, 3.8) is 0 Å². The Hall–Kier alpha value is -2.01. The van der Waals surface area contributed by atoms with Crippen LogP contribution in [0, 0.1) is 6.92 Å². The highest BCUT2D eigenvalue weighted by molar-refractivity contribution is 6.07. The molecule has 0 atom stereocenters. The van der Waals surface area contributed by atoms with Crippen molar-refractivity contribution in [1.82, 2.24) is 9.80 Å². The number of fused-ring (bicyclic) bond motifs is 1. The number of benzene rings is 1. The quantitative estimate of drug-likeness (QED) is 0.873. The zero-order valence-corrected chi connectivity index (χ0v) is 14.1. The zero-order chi connectivity index (χ0) is 16.4. The van der Waals surface area contributed by atoms with Gasteiger partial charge in [0.15, 0.2) is 0 Å². The minimum absolute atomic E-state index is 0.0625. The number of carbonyl (C=O) groups excluding carboxylic acids is 1. The SMILES string of the molecule is CCN1CCCN(C(=O)c2c(C)oc3ccc(OC)cc23)CC1. The Kier molecular flexibility index (Phi) is 4.57. The first-order valence-corrected chi connectivity index (χ1v) is 8.22. The smallest absolute Gasteiger partial charge is 0.258 e. The summed E-state index contributed by atoms with van der Waals surface area (Å²) in [5.41, 5.74) is 1.40. The van der Waals surface area contributed by atoms with E-state index in [0.29, 0.717) is 11.3 Å². The highest BCUT2D eigenvalue weighted by Crippen LogP contribution is 2.30. The Morgan fingerprint density at radius 2 is 2.09 bits per heavy atom. The maximum atomic E-state index is 13.0. The van der Waals surface area contributed by atoms with Crippen molar-refractivity contribution < 1.29 is 13.9 Å². The van der Waals surface area contributed by atoms with E-state index in [-0.39, 0.29) is 5.91 Å². The second-order valence-electron chi connectivity index (χ2n) is 5.98. The summed E-state index contributed by atoms with van der Waals surface area (Å²) in [5, 5.41) is 0.837. The fourth-order valence-corrected chi connectivity index (χ4v) is 3.24.